The SMILES string of the molecule is Cc1cccc(C)c1NC(=O)CNC(=O)C[NH+](C)[C@@H]1CCCc2ccccc21. The van der Waals surface area contributed by atoms with E-state index in [0.29, 0.717) is 12.6 Å². The Labute approximate surface area is 167 Å². The van der Waals surface area contributed by atoms with Crippen LogP contribution in [0.25, 0.3) is 0 Å². The summed E-state index contributed by atoms with van der Waals surface area (Å²) in [5.41, 5.74) is 5.60. The highest BCUT2D eigenvalue weighted by atomic mass is 16.2. The summed E-state index contributed by atoms with van der Waals surface area (Å²) < 4.78 is 0. The van der Waals surface area contributed by atoms with Gasteiger partial charge >= 0.3 is 0 Å². The molecule has 0 aromatic heterocycles. The van der Waals surface area contributed by atoms with Gasteiger partial charge in [-0.25, -0.2) is 0 Å². The first kappa shape index (κ1) is 20.1. The lowest BCUT2D eigenvalue weighted by molar-refractivity contribution is -0.905. The van der Waals surface area contributed by atoms with E-state index in [2.05, 4.69) is 41.9 Å². The molecule has 2 atom stereocenters. The van der Waals surface area contributed by atoms with Crippen LogP contribution in [-0.4, -0.2) is 32.0 Å². The summed E-state index contributed by atoms with van der Waals surface area (Å²) in [4.78, 5) is 25.8. The van der Waals surface area contributed by atoms with Crippen molar-refractivity contribution in [2.45, 2.75) is 39.2 Å². The number of nitrogens with one attached hydrogen (secondary N) is 3. The Bertz CT molecular complexity index is 842. The average Bonchev–Trinajstić information content (AvgIpc) is 2.69. The molecule has 2 aromatic rings. The molecule has 0 aliphatic heterocycles. The van der Waals surface area contributed by atoms with Crippen LogP contribution in [0.2, 0.25) is 0 Å². The summed E-state index contributed by atoms with van der Waals surface area (Å²) in [6, 6.07) is 14.7. The van der Waals surface area contributed by atoms with Gasteiger partial charge in [-0.05, 0) is 43.4 Å². The largest absolute Gasteiger partial charge is 0.342 e. The molecule has 3 N–H and O–H groups in total. The second kappa shape index (κ2) is 9.02. The molecule has 2 amide bonds. The molecule has 1 aliphatic rings. The average molecular weight is 381 g/mol. The highest BCUT2D eigenvalue weighted by Crippen LogP contribution is 2.27. The Hall–Kier alpha value is -2.66. The molecule has 2 aromatic carbocycles. The Morgan fingerprint density at radius 1 is 1.04 bits per heavy atom. The van der Waals surface area contributed by atoms with E-state index in [4.69, 9.17) is 0 Å². The molecular formula is C23H30N3O2+. The minimum atomic E-state index is -0.202. The van der Waals surface area contributed by atoms with E-state index in [1.807, 2.05) is 32.0 Å². The standard InChI is InChI=1S/C23H29N3O2/c1-16-8-6-9-17(2)23(16)25-21(27)14-24-22(28)15-26(3)20-13-7-11-18-10-4-5-12-19(18)20/h4-6,8-10,12,20H,7,11,13-15H2,1-3H3,(H,24,28)(H,25,27)/p+1/t20-/m1/s1. The quantitative estimate of drug-likeness (QED) is 0.717. The van der Waals surface area contributed by atoms with Crippen LogP contribution in [0.1, 0.15) is 41.1 Å². The number of likely N-dealkylation sites (N-methyl/N-ethyl adjacent to an activating group) is 1. The number of hydrogen-bond donors (Lipinski definition) is 3. The van der Waals surface area contributed by atoms with Gasteiger partial charge in [-0.1, -0.05) is 42.5 Å². The minimum Gasteiger partial charge on any atom is -0.342 e. The Morgan fingerprint density at radius 2 is 1.75 bits per heavy atom. The monoisotopic (exact) mass is 380 g/mol. The molecular weight excluding hydrogens is 350 g/mol. The molecule has 28 heavy (non-hydrogen) atoms. The predicted octanol–water partition coefficient (Wildman–Crippen LogP) is 1.95. The van der Waals surface area contributed by atoms with Crippen LogP contribution in [0.5, 0.6) is 0 Å². The fraction of sp³-hybridized carbons (Fsp3) is 0.391. The third-order valence-corrected chi connectivity index (χ3v) is 5.60. The topological polar surface area (TPSA) is 62.6 Å². The summed E-state index contributed by atoms with van der Waals surface area (Å²) >= 11 is 0. The summed E-state index contributed by atoms with van der Waals surface area (Å²) in [6.45, 7) is 4.26. The summed E-state index contributed by atoms with van der Waals surface area (Å²) in [7, 11) is 2.06. The van der Waals surface area contributed by atoms with E-state index in [-0.39, 0.29) is 18.4 Å². The van der Waals surface area contributed by atoms with Gasteiger partial charge in [0.05, 0.1) is 13.6 Å². The molecule has 0 heterocycles. The molecule has 5 nitrogen and oxygen atoms in total. The van der Waals surface area contributed by atoms with Crippen LogP contribution >= 0.6 is 0 Å². The number of para-hydroxylation sites is 1. The van der Waals surface area contributed by atoms with Crippen molar-refractivity contribution < 1.29 is 14.5 Å². The summed E-state index contributed by atoms with van der Waals surface area (Å²) in [5.74, 6) is -0.302. The van der Waals surface area contributed by atoms with Gasteiger partial charge in [-0.3, -0.25) is 9.59 Å². The van der Waals surface area contributed by atoms with Crippen LogP contribution in [-0.2, 0) is 16.0 Å². The molecule has 0 saturated carbocycles. The first-order valence-corrected chi connectivity index (χ1v) is 9.98. The Kier molecular flexibility index (Phi) is 6.47. The lowest BCUT2D eigenvalue weighted by Crippen LogP contribution is -3.10. The number of rotatable bonds is 6. The molecule has 0 fully saturated rings. The van der Waals surface area contributed by atoms with Gasteiger partial charge < -0.3 is 15.5 Å². The fourth-order valence-electron chi connectivity index (χ4n) is 4.08. The maximum Gasteiger partial charge on any atom is 0.275 e. The number of amides is 2. The van der Waals surface area contributed by atoms with Crippen molar-refractivity contribution in [3.63, 3.8) is 0 Å². The van der Waals surface area contributed by atoms with Crippen LogP contribution in [0.3, 0.4) is 0 Å². The second-order valence-electron chi connectivity index (χ2n) is 7.76. The number of carbonyl (C=O) groups excluding carboxylic acids is 2. The third-order valence-electron chi connectivity index (χ3n) is 5.60. The lowest BCUT2D eigenvalue weighted by atomic mass is 9.87. The molecule has 148 valence electrons. The smallest absolute Gasteiger partial charge is 0.275 e. The Morgan fingerprint density at radius 3 is 2.50 bits per heavy atom. The van der Waals surface area contributed by atoms with Crippen molar-refractivity contribution in [3.8, 4) is 0 Å². The number of aryl methyl sites for hydroxylation is 3. The van der Waals surface area contributed by atoms with Crippen LogP contribution < -0.4 is 15.5 Å². The van der Waals surface area contributed by atoms with Gasteiger partial charge in [-0.15, -0.1) is 0 Å². The third kappa shape index (κ3) is 4.78. The van der Waals surface area contributed by atoms with E-state index in [1.54, 1.807) is 0 Å². The molecule has 0 saturated heterocycles. The number of anilines is 1. The highest BCUT2D eigenvalue weighted by Gasteiger charge is 2.27. The highest BCUT2D eigenvalue weighted by molar-refractivity contribution is 5.95. The number of quaternary nitrogens is 1. The molecule has 5 heteroatoms. The van der Waals surface area contributed by atoms with Gasteiger partial charge in [-0.2, -0.15) is 0 Å². The molecule has 0 bridgehead atoms. The minimum absolute atomic E-state index is 0.0128. The first-order chi connectivity index (χ1) is 13.5. The van der Waals surface area contributed by atoms with Crippen LogP contribution in [0.15, 0.2) is 42.5 Å². The normalized spacial score (nSPS) is 16.8. The van der Waals surface area contributed by atoms with Gasteiger partial charge in [0.15, 0.2) is 6.54 Å². The molecule has 1 unspecified atom stereocenters. The maximum atomic E-state index is 12.4. The van der Waals surface area contributed by atoms with Crippen molar-refractivity contribution in [2.75, 3.05) is 25.5 Å². The van der Waals surface area contributed by atoms with E-state index in [1.165, 1.54) is 16.0 Å². The van der Waals surface area contributed by atoms with E-state index in [9.17, 15) is 9.59 Å². The molecule has 0 spiro atoms. The van der Waals surface area contributed by atoms with Crippen molar-refractivity contribution in [2.24, 2.45) is 0 Å². The van der Waals surface area contributed by atoms with Gasteiger partial charge in [0, 0.05) is 17.7 Å². The molecule has 0 radical (unpaired) electrons. The number of fused-ring (bicyclic) bond motifs is 1. The van der Waals surface area contributed by atoms with E-state index < -0.39 is 0 Å². The zero-order chi connectivity index (χ0) is 20.1. The molecule has 1 aliphatic carbocycles. The predicted molar refractivity (Wildman–Crippen MR) is 111 cm³/mol. The van der Waals surface area contributed by atoms with Crippen molar-refractivity contribution in [1.29, 1.82) is 0 Å². The number of hydrogen-bond acceptors (Lipinski definition) is 2. The van der Waals surface area contributed by atoms with Gasteiger partial charge in [0.1, 0.15) is 6.04 Å². The van der Waals surface area contributed by atoms with Gasteiger partial charge in [0.25, 0.3) is 5.91 Å². The number of carbonyl (C=O) groups is 2. The lowest BCUT2D eigenvalue weighted by Gasteiger charge is -2.30. The number of benzene rings is 2. The van der Waals surface area contributed by atoms with E-state index >= 15 is 0 Å². The fourth-order valence-corrected chi connectivity index (χ4v) is 4.08. The molecule has 3 rings (SSSR count). The van der Waals surface area contributed by atoms with Crippen molar-refractivity contribution >= 4 is 17.5 Å². The van der Waals surface area contributed by atoms with E-state index in [0.717, 1.165) is 36.1 Å². The van der Waals surface area contributed by atoms with Gasteiger partial charge in [0.2, 0.25) is 5.91 Å². The summed E-state index contributed by atoms with van der Waals surface area (Å²) in [5, 5.41) is 5.67. The second-order valence-corrected chi connectivity index (χ2v) is 7.76. The zero-order valence-corrected chi connectivity index (χ0v) is 17.0. The zero-order valence-electron chi connectivity index (χ0n) is 17.0. The summed E-state index contributed by atoms with van der Waals surface area (Å²) in [6.07, 6.45) is 3.35. The van der Waals surface area contributed by atoms with Crippen molar-refractivity contribution in [3.05, 3.63) is 64.7 Å². The maximum absolute atomic E-state index is 12.4. The van der Waals surface area contributed by atoms with Crippen molar-refractivity contribution in [1.82, 2.24) is 5.32 Å². The van der Waals surface area contributed by atoms with Crippen LogP contribution in [0.4, 0.5) is 5.69 Å². The van der Waals surface area contributed by atoms with Crippen LogP contribution in [0, 0.1) is 13.8 Å². The first-order valence-electron chi connectivity index (χ1n) is 9.98. The Balaban J connectivity index is 1.51.